The van der Waals surface area contributed by atoms with Gasteiger partial charge in [0.05, 0.1) is 44.2 Å². The lowest BCUT2D eigenvalue weighted by Crippen LogP contribution is -2.52. The van der Waals surface area contributed by atoms with Gasteiger partial charge in [-0.3, -0.25) is 4.79 Å². The number of benzene rings is 1. The first-order valence-corrected chi connectivity index (χ1v) is 12.2. The summed E-state index contributed by atoms with van der Waals surface area (Å²) in [7, 11) is 2.58. The molecule has 1 amide bonds. The van der Waals surface area contributed by atoms with E-state index in [0.717, 1.165) is 18.9 Å². The summed E-state index contributed by atoms with van der Waals surface area (Å²) in [6, 6.07) is 2.39. The molecule has 2 fully saturated rings. The fourth-order valence-corrected chi connectivity index (χ4v) is 4.33. The first-order valence-electron chi connectivity index (χ1n) is 12.2. The van der Waals surface area contributed by atoms with Crippen molar-refractivity contribution < 1.29 is 27.8 Å². The highest BCUT2D eigenvalue weighted by atomic mass is 19.1. The molecule has 5 rings (SSSR count). The predicted molar refractivity (Wildman–Crippen MR) is 137 cm³/mol. The van der Waals surface area contributed by atoms with Gasteiger partial charge in [0, 0.05) is 30.3 Å². The summed E-state index contributed by atoms with van der Waals surface area (Å²) in [6.07, 6.45) is 5.29. The van der Waals surface area contributed by atoms with E-state index in [1.54, 1.807) is 6.20 Å². The van der Waals surface area contributed by atoms with Gasteiger partial charge in [0.15, 0.2) is 29.0 Å². The minimum Gasteiger partial charge on any atom is -0.494 e. The summed E-state index contributed by atoms with van der Waals surface area (Å²) in [5, 5.41) is 9.98. The van der Waals surface area contributed by atoms with Gasteiger partial charge in [0.2, 0.25) is 11.9 Å². The van der Waals surface area contributed by atoms with Gasteiger partial charge in [-0.05, 0) is 31.4 Å². The number of aromatic nitrogens is 3. The molecule has 0 radical (unpaired) electrons. The number of hydrogen-bond acceptors (Lipinski definition) is 9. The van der Waals surface area contributed by atoms with Gasteiger partial charge in [-0.25, -0.2) is 23.7 Å². The number of halogens is 2. The van der Waals surface area contributed by atoms with Crippen molar-refractivity contribution in [1.29, 1.82) is 0 Å². The van der Waals surface area contributed by atoms with E-state index in [1.807, 2.05) is 0 Å². The molecular formula is C26H28F2N6O4. The number of anilines is 2. The van der Waals surface area contributed by atoms with Gasteiger partial charge in [-0.1, -0.05) is 6.58 Å². The van der Waals surface area contributed by atoms with Crippen LogP contribution in [0.4, 0.5) is 20.5 Å². The molecule has 12 heteroatoms. The summed E-state index contributed by atoms with van der Waals surface area (Å²) >= 11 is 0. The van der Waals surface area contributed by atoms with Crippen molar-refractivity contribution in [2.75, 3.05) is 38.1 Å². The Hall–Kier alpha value is -4.06. The van der Waals surface area contributed by atoms with Crippen LogP contribution in [0.5, 0.6) is 11.5 Å². The molecule has 200 valence electrons. The van der Waals surface area contributed by atoms with Crippen LogP contribution in [0.25, 0.3) is 22.2 Å². The molecule has 1 aliphatic carbocycles. The molecule has 1 saturated heterocycles. The Morgan fingerprint density at radius 2 is 1.82 bits per heavy atom. The van der Waals surface area contributed by atoms with Crippen LogP contribution in [0, 0.1) is 11.6 Å². The van der Waals surface area contributed by atoms with Crippen molar-refractivity contribution in [3.63, 3.8) is 0 Å². The summed E-state index contributed by atoms with van der Waals surface area (Å²) < 4.78 is 46.3. The standard InChI is InChI=1S/C26H28F2N6O4/c1-4-20(35)31-15-7-8-38-12-17(15)33-26-29-11-13-9-16(32-25(24(13)34-26)30-14-5-6-14)21-22(27)18(36-2)10-19(37-3)23(21)28/h4,9-11,14-15,17H,1,5-8,12H2,2-3H3,(H,30,32)(H,31,35)(H,29,33,34)/t15-,17+/m0/s1. The molecule has 2 aromatic heterocycles. The maximum Gasteiger partial charge on any atom is 0.243 e. The molecule has 1 aromatic carbocycles. The van der Waals surface area contributed by atoms with E-state index in [4.69, 9.17) is 14.2 Å². The number of hydrogen-bond donors (Lipinski definition) is 3. The highest BCUT2D eigenvalue weighted by molar-refractivity contribution is 5.92. The molecule has 2 atom stereocenters. The quantitative estimate of drug-likeness (QED) is 0.360. The summed E-state index contributed by atoms with van der Waals surface area (Å²) in [5.41, 5.74) is 0.159. The van der Waals surface area contributed by atoms with Gasteiger partial charge in [-0.2, -0.15) is 0 Å². The monoisotopic (exact) mass is 526 g/mol. The number of carbonyl (C=O) groups excluding carboxylic acids is 1. The third kappa shape index (κ3) is 5.17. The van der Waals surface area contributed by atoms with Crippen LogP contribution in [-0.4, -0.2) is 66.4 Å². The van der Waals surface area contributed by atoms with Gasteiger partial charge in [-0.15, -0.1) is 0 Å². The largest absolute Gasteiger partial charge is 0.494 e. The Morgan fingerprint density at radius 1 is 1.08 bits per heavy atom. The summed E-state index contributed by atoms with van der Waals surface area (Å²) in [5.74, 6) is -1.70. The second-order valence-corrected chi connectivity index (χ2v) is 9.12. The third-order valence-electron chi connectivity index (χ3n) is 6.50. The molecule has 3 heterocycles. The molecule has 0 unspecified atom stereocenters. The highest BCUT2D eigenvalue weighted by Crippen LogP contribution is 2.39. The van der Waals surface area contributed by atoms with Crippen LogP contribution in [0.3, 0.4) is 0 Å². The van der Waals surface area contributed by atoms with E-state index in [0.29, 0.717) is 42.3 Å². The van der Waals surface area contributed by atoms with Gasteiger partial charge in [0.1, 0.15) is 5.52 Å². The molecule has 2 aliphatic rings. The number of fused-ring (bicyclic) bond motifs is 1. The van der Waals surface area contributed by atoms with Crippen LogP contribution in [0.1, 0.15) is 19.3 Å². The van der Waals surface area contributed by atoms with Crippen molar-refractivity contribution in [3.05, 3.63) is 42.6 Å². The number of nitrogens with zero attached hydrogens (tertiary/aromatic N) is 3. The Morgan fingerprint density at radius 3 is 2.47 bits per heavy atom. The fourth-order valence-electron chi connectivity index (χ4n) is 4.33. The van der Waals surface area contributed by atoms with Gasteiger partial charge in [0.25, 0.3) is 0 Å². The van der Waals surface area contributed by atoms with Gasteiger partial charge >= 0.3 is 0 Å². The average Bonchev–Trinajstić information content (AvgIpc) is 3.74. The van der Waals surface area contributed by atoms with Crippen LogP contribution >= 0.6 is 0 Å². The van der Waals surface area contributed by atoms with E-state index in [2.05, 4.69) is 37.5 Å². The molecule has 3 N–H and O–H groups in total. The van der Waals surface area contributed by atoms with Crippen molar-refractivity contribution >= 4 is 28.6 Å². The van der Waals surface area contributed by atoms with Crippen molar-refractivity contribution in [3.8, 4) is 22.8 Å². The number of carbonyl (C=O) groups is 1. The molecule has 3 aromatic rings. The van der Waals surface area contributed by atoms with E-state index in [-0.39, 0.29) is 46.8 Å². The maximum absolute atomic E-state index is 15.2. The second-order valence-electron chi connectivity index (χ2n) is 9.12. The molecule has 1 aliphatic heterocycles. The van der Waals surface area contributed by atoms with E-state index in [1.165, 1.54) is 26.4 Å². The number of methoxy groups -OCH3 is 2. The number of pyridine rings is 1. The maximum atomic E-state index is 15.2. The average molecular weight is 527 g/mol. The first kappa shape index (κ1) is 25.6. The Balaban J connectivity index is 1.54. The van der Waals surface area contributed by atoms with Crippen LogP contribution < -0.4 is 25.4 Å². The predicted octanol–water partition coefficient (Wildman–Crippen LogP) is 3.43. The third-order valence-corrected chi connectivity index (χ3v) is 6.50. The Kier molecular flexibility index (Phi) is 7.23. The molecular weight excluding hydrogens is 498 g/mol. The highest BCUT2D eigenvalue weighted by Gasteiger charge is 2.29. The first-order chi connectivity index (χ1) is 18.4. The number of nitrogens with one attached hydrogen (secondary N) is 3. The number of amides is 1. The van der Waals surface area contributed by atoms with Crippen LogP contribution in [0.2, 0.25) is 0 Å². The lowest BCUT2D eigenvalue weighted by Gasteiger charge is -2.32. The second kappa shape index (κ2) is 10.7. The lowest BCUT2D eigenvalue weighted by atomic mass is 10.0. The summed E-state index contributed by atoms with van der Waals surface area (Å²) in [4.78, 5) is 25.5. The fraction of sp³-hybridized carbons (Fsp3) is 0.385. The minimum atomic E-state index is -0.890. The zero-order valence-corrected chi connectivity index (χ0v) is 21.0. The summed E-state index contributed by atoms with van der Waals surface area (Å²) in [6.45, 7) is 4.37. The Bertz CT molecular complexity index is 1360. The smallest absolute Gasteiger partial charge is 0.243 e. The normalized spacial score (nSPS) is 19.1. The molecule has 38 heavy (non-hydrogen) atoms. The van der Waals surface area contributed by atoms with Crippen molar-refractivity contribution in [2.45, 2.75) is 37.4 Å². The molecule has 1 saturated carbocycles. The number of ether oxygens (including phenoxy) is 3. The van der Waals surface area contributed by atoms with E-state index >= 15 is 8.78 Å². The van der Waals surface area contributed by atoms with Crippen LogP contribution in [-0.2, 0) is 9.53 Å². The number of rotatable bonds is 9. The SMILES string of the molecule is C=CC(=O)N[C@H]1CCOC[C@H]1Nc1ncc2cc(-c3c(F)c(OC)cc(OC)c3F)nc(NC3CC3)c2n1. The zero-order chi connectivity index (χ0) is 26.8. The van der Waals surface area contributed by atoms with Crippen molar-refractivity contribution in [1.82, 2.24) is 20.3 Å². The minimum absolute atomic E-state index is 0.0463. The van der Waals surface area contributed by atoms with E-state index in [9.17, 15) is 4.79 Å². The Labute approximate surface area is 217 Å². The topological polar surface area (TPSA) is 120 Å². The van der Waals surface area contributed by atoms with Gasteiger partial charge < -0.3 is 30.2 Å². The van der Waals surface area contributed by atoms with Crippen molar-refractivity contribution in [2.24, 2.45) is 0 Å². The zero-order valence-electron chi connectivity index (χ0n) is 21.0. The molecule has 10 nitrogen and oxygen atoms in total. The molecule has 0 spiro atoms. The molecule has 0 bridgehead atoms. The van der Waals surface area contributed by atoms with Crippen LogP contribution in [0.15, 0.2) is 31.0 Å². The van der Waals surface area contributed by atoms with E-state index < -0.39 is 11.6 Å². The lowest BCUT2D eigenvalue weighted by molar-refractivity contribution is -0.117.